The molecule has 0 aromatic carbocycles. The normalized spacial score (nSPS) is 12.7. The van der Waals surface area contributed by atoms with Crippen LogP contribution in [-0.4, -0.2) is 37.2 Å². The Morgan fingerprint density at radius 1 is 0.333 bits per heavy atom. The van der Waals surface area contributed by atoms with Gasteiger partial charge in [-0.3, -0.25) is 14.4 Å². The third-order valence-electron chi connectivity index (χ3n) is 10.8. The molecule has 0 rings (SSSR count). The minimum Gasteiger partial charge on any atom is -0.462 e. The summed E-state index contributed by atoms with van der Waals surface area (Å²) in [4.78, 5) is 37.9. The third kappa shape index (κ3) is 49.5. The van der Waals surface area contributed by atoms with Gasteiger partial charge in [-0.05, 0) is 109 Å². The maximum absolute atomic E-state index is 12.8. The number of carbonyl (C=O) groups excluding carboxylic acids is 3. The van der Waals surface area contributed by atoms with E-state index in [-0.39, 0.29) is 31.1 Å². The second-order valence-corrected chi connectivity index (χ2v) is 17.0. The molecular formula is C57H96O6. The number of unbranched alkanes of at least 4 members (excludes halogenated alkanes) is 21. The first-order chi connectivity index (χ1) is 31.0. The van der Waals surface area contributed by atoms with Gasteiger partial charge in [-0.2, -0.15) is 0 Å². The van der Waals surface area contributed by atoms with Gasteiger partial charge in [-0.25, -0.2) is 0 Å². The van der Waals surface area contributed by atoms with Crippen LogP contribution in [0.15, 0.2) is 85.1 Å². The predicted molar refractivity (Wildman–Crippen MR) is 270 cm³/mol. The molecule has 0 aliphatic carbocycles. The number of ether oxygens (including phenoxy) is 3. The Kier molecular flexibility index (Phi) is 48.5. The van der Waals surface area contributed by atoms with E-state index in [0.29, 0.717) is 19.3 Å². The Bertz CT molecular complexity index is 1240. The van der Waals surface area contributed by atoms with E-state index >= 15 is 0 Å². The molecule has 0 saturated carbocycles. The second-order valence-electron chi connectivity index (χ2n) is 17.0. The van der Waals surface area contributed by atoms with Crippen molar-refractivity contribution >= 4 is 17.9 Å². The van der Waals surface area contributed by atoms with Gasteiger partial charge in [0.25, 0.3) is 0 Å². The van der Waals surface area contributed by atoms with Crippen LogP contribution in [-0.2, 0) is 28.6 Å². The molecule has 360 valence electrons. The van der Waals surface area contributed by atoms with Crippen LogP contribution in [0.1, 0.15) is 239 Å². The number of allylic oxidation sites excluding steroid dienone is 14. The maximum Gasteiger partial charge on any atom is 0.306 e. The lowest BCUT2D eigenvalue weighted by Crippen LogP contribution is -2.30. The number of esters is 3. The molecule has 0 aromatic rings. The fourth-order valence-electron chi connectivity index (χ4n) is 6.94. The van der Waals surface area contributed by atoms with Crippen LogP contribution in [0.4, 0.5) is 0 Å². The second kappa shape index (κ2) is 51.2. The SMILES string of the molecule is CC/C=C\C/C=C\C/C=C\C/C=C\CCCCCCC(=O)OC(COC(=O)CCCCCCC/C=C\CCC)COC(=O)CCCCCCCCC/C=C\C/C=C\CCCCCC. The zero-order chi connectivity index (χ0) is 45.8. The highest BCUT2D eigenvalue weighted by Crippen LogP contribution is 2.13. The molecule has 0 saturated heterocycles. The standard InChI is InChI=1S/C57H96O6/c1-4-7-10-13-16-19-22-24-26-28-30-31-33-35-38-41-44-47-50-56(59)62-53-54(52-61-55(58)49-46-43-40-37-21-18-15-12-9-6-3)63-57(60)51-48-45-42-39-36-34-32-29-27-25-23-20-17-14-11-8-5-2/h8,11-12,15,17,19-20,22,25-28,32,34,54H,4-7,9-10,13-14,16,18,21,23-24,29-31,33,35-53H2,1-3H3/b11-8-,15-12-,20-17-,22-19-,27-25-,28-26-,34-32-. The largest absolute Gasteiger partial charge is 0.462 e. The van der Waals surface area contributed by atoms with E-state index in [2.05, 4.69) is 106 Å². The van der Waals surface area contributed by atoms with Crippen molar-refractivity contribution in [1.82, 2.24) is 0 Å². The molecule has 0 aliphatic rings. The van der Waals surface area contributed by atoms with E-state index in [4.69, 9.17) is 14.2 Å². The summed E-state index contributed by atoms with van der Waals surface area (Å²) in [5, 5.41) is 0. The van der Waals surface area contributed by atoms with Crippen molar-refractivity contribution in [2.75, 3.05) is 13.2 Å². The van der Waals surface area contributed by atoms with Crippen molar-refractivity contribution in [2.24, 2.45) is 0 Å². The van der Waals surface area contributed by atoms with Crippen LogP contribution < -0.4 is 0 Å². The number of rotatable bonds is 46. The summed E-state index contributed by atoms with van der Waals surface area (Å²) in [6, 6.07) is 0. The minimum atomic E-state index is -0.795. The van der Waals surface area contributed by atoms with Crippen LogP contribution >= 0.6 is 0 Å². The van der Waals surface area contributed by atoms with Crippen LogP contribution in [0.3, 0.4) is 0 Å². The van der Waals surface area contributed by atoms with Gasteiger partial charge in [-0.15, -0.1) is 0 Å². The molecule has 0 aromatic heterocycles. The molecule has 0 radical (unpaired) electrons. The molecular weight excluding hydrogens is 781 g/mol. The zero-order valence-corrected chi connectivity index (χ0v) is 41.1. The first-order valence-corrected chi connectivity index (χ1v) is 26.1. The predicted octanol–water partition coefficient (Wildman–Crippen LogP) is 17.2. The number of carbonyl (C=O) groups is 3. The molecule has 0 N–H and O–H groups in total. The smallest absolute Gasteiger partial charge is 0.306 e. The van der Waals surface area contributed by atoms with Crippen LogP contribution in [0.2, 0.25) is 0 Å². The van der Waals surface area contributed by atoms with Crippen LogP contribution in [0, 0.1) is 0 Å². The van der Waals surface area contributed by atoms with E-state index in [1.807, 2.05) is 0 Å². The molecule has 1 atom stereocenters. The number of hydrogen-bond acceptors (Lipinski definition) is 6. The van der Waals surface area contributed by atoms with Gasteiger partial charge in [0, 0.05) is 19.3 Å². The van der Waals surface area contributed by atoms with E-state index < -0.39 is 6.10 Å². The lowest BCUT2D eigenvalue weighted by Gasteiger charge is -2.18. The summed E-state index contributed by atoms with van der Waals surface area (Å²) in [5.41, 5.74) is 0. The number of hydrogen-bond donors (Lipinski definition) is 0. The molecule has 0 spiro atoms. The Hall–Kier alpha value is -3.41. The summed E-state index contributed by atoms with van der Waals surface area (Å²) in [6.45, 7) is 6.41. The van der Waals surface area contributed by atoms with Gasteiger partial charge in [0.1, 0.15) is 13.2 Å². The minimum absolute atomic E-state index is 0.0940. The molecule has 63 heavy (non-hydrogen) atoms. The van der Waals surface area contributed by atoms with E-state index in [1.165, 1.54) is 70.6 Å². The average molecular weight is 877 g/mol. The van der Waals surface area contributed by atoms with Gasteiger partial charge in [-0.1, -0.05) is 196 Å². The first kappa shape index (κ1) is 59.6. The van der Waals surface area contributed by atoms with Gasteiger partial charge in [0.05, 0.1) is 0 Å². The van der Waals surface area contributed by atoms with Crippen LogP contribution in [0.25, 0.3) is 0 Å². The fraction of sp³-hybridized carbons (Fsp3) is 0.702. The Morgan fingerprint density at radius 2 is 0.651 bits per heavy atom. The van der Waals surface area contributed by atoms with E-state index in [9.17, 15) is 14.4 Å². The van der Waals surface area contributed by atoms with Gasteiger partial charge < -0.3 is 14.2 Å². The third-order valence-corrected chi connectivity index (χ3v) is 10.8. The molecule has 0 aliphatic heterocycles. The molecule has 6 heteroatoms. The van der Waals surface area contributed by atoms with Crippen molar-refractivity contribution < 1.29 is 28.6 Å². The van der Waals surface area contributed by atoms with Crippen molar-refractivity contribution in [3.8, 4) is 0 Å². The van der Waals surface area contributed by atoms with Crippen molar-refractivity contribution in [3.63, 3.8) is 0 Å². The maximum atomic E-state index is 12.8. The molecule has 6 nitrogen and oxygen atoms in total. The lowest BCUT2D eigenvalue weighted by atomic mass is 10.1. The highest BCUT2D eigenvalue weighted by molar-refractivity contribution is 5.71. The molecule has 0 fully saturated rings. The Balaban J connectivity index is 4.41. The average Bonchev–Trinajstić information content (AvgIpc) is 3.28. The summed E-state index contributed by atoms with van der Waals surface area (Å²) in [7, 11) is 0. The van der Waals surface area contributed by atoms with Gasteiger partial charge >= 0.3 is 17.9 Å². The summed E-state index contributed by atoms with van der Waals surface area (Å²) in [5.74, 6) is -0.937. The van der Waals surface area contributed by atoms with Crippen molar-refractivity contribution in [2.45, 2.75) is 245 Å². The lowest BCUT2D eigenvalue weighted by molar-refractivity contribution is -0.167. The first-order valence-electron chi connectivity index (χ1n) is 26.1. The summed E-state index contributed by atoms with van der Waals surface area (Å²) >= 11 is 0. The van der Waals surface area contributed by atoms with Gasteiger partial charge in [0.2, 0.25) is 0 Å². The molecule has 0 heterocycles. The van der Waals surface area contributed by atoms with Crippen LogP contribution in [0.5, 0.6) is 0 Å². The quantitative estimate of drug-likeness (QED) is 0.0262. The van der Waals surface area contributed by atoms with E-state index in [1.54, 1.807) is 0 Å². The molecule has 1 unspecified atom stereocenters. The highest BCUT2D eigenvalue weighted by Gasteiger charge is 2.19. The topological polar surface area (TPSA) is 78.9 Å². The Labute approximate surface area is 388 Å². The summed E-state index contributed by atoms with van der Waals surface area (Å²) in [6.07, 6.45) is 65.7. The summed E-state index contributed by atoms with van der Waals surface area (Å²) < 4.78 is 16.8. The Morgan fingerprint density at radius 3 is 1.05 bits per heavy atom. The zero-order valence-electron chi connectivity index (χ0n) is 41.1. The molecule has 0 bridgehead atoms. The van der Waals surface area contributed by atoms with Crippen molar-refractivity contribution in [1.29, 1.82) is 0 Å². The highest BCUT2D eigenvalue weighted by atomic mass is 16.6. The molecule has 0 amide bonds. The van der Waals surface area contributed by atoms with Gasteiger partial charge in [0.15, 0.2) is 6.10 Å². The monoisotopic (exact) mass is 877 g/mol. The fourth-order valence-corrected chi connectivity index (χ4v) is 6.94. The van der Waals surface area contributed by atoms with E-state index in [0.717, 1.165) is 128 Å². The van der Waals surface area contributed by atoms with Crippen molar-refractivity contribution in [3.05, 3.63) is 85.1 Å².